The molecule has 0 aliphatic heterocycles. The minimum absolute atomic E-state index is 1.25. The summed E-state index contributed by atoms with van der Waals surface area (Å²) in [5.74, 6) is 0. The molecule has 0 unspecified atom stereocenters. The van der Waals surface area contributed by atoms with Gasteiger partial charge in [0.1, 0.15) is 0 Å². The van der Waals surface area contributed by atoms with Crippen LogP contribution in [0.4, 0.5) is 0 Å². The van der Waals surface area contributed by atoms with E-state index in [-0.39, 0.29) is 0 Å². The van der Waals surface area contributed by atoms with Crippen molar-refractivity contribution in [3.8, 4) is 0 Å². The second-order valence-electron chi connectivity index (χ2n) is 2.76. The minimum atomic E-state index is 1.25. The molecule has 0 spiro atoms. The molecule has 13 heavy (non-hydrogen) atoms. The molecule has 0 aliphatic carbocycles. The largest absolute Gasteiger partial charge is 0.144 e. The fraction of sp³-hybridized carbons (Fsp3) is 0. The Hall–Kier alpha value is -1.34. The molecular formula is C12H10S. The predicted octanol–water partition coefficient (Wildman–Crippen LogP) is 3.92. The molecule has 0 aliphatic rings. The van der Waals surface area contributed by atoms with Crippen LogP contribution < -0.4 is 0 Å². The number of thiophene rings is 1. The van der Waals surface area contributed by atoms with Crippen LogP contribution >= 0.6 is 11.3 Å². The van der Waals surface area contributed by atoms with Crippen LogP contribution in [0.1, 0.15) is 10.4 Å². The van der Waals surface area contributed by atoms with Gasteiger partial charge in [0.05, 0.1) is 0 Å². The van der Waals surface area contributed by atoms with Crippen LogP contribution in [-0.2, 0) is 0 Å². The summed E-state index contributed by atoms with van der Waals surface area (Å²) >= 11 is 1.76. The van der Waals surface area contributed by atoms with Gasteiger partial charge in [0.15, 0.2) is 0 Å². The lowest BCUT2D eigenvalue weighted by atomic mass is 10.2. The molecule has 1 heteroatoms. The Morgan fingerprint density at radius 2 is 1.69 bits per heavy atom. The average Bonchev–Trinajstić information content (AvgIpc) is 2.69. The van der Waals surface area contributed by atoms with Crippen LogP contribution in [0.15, 0.2) is 47.8 Å². The first-order valence-electron chi connectivity index (χ1n) is 4.22. The third-order valence-corrected chi connectivity index (χ3v) is 2.62. The van der Waals surface area contributed by atoms with E-state index in [1.165, 1.54) is 10.4 Å². The van der Waals surface area contributed by atoms with Gasteiger partial charge < -0.3 is 0 Å². The topological polar surface area (TPSA) is 0 Å². The zero-order valence-corrected chi connectivity index (χ0v) is 8.00. The van der Waals surface area contributed by atoms with Gasteiger partial charge in [-0.3, -0.25) is 0 Å². The van der Waals surface area contributed by atoms with Crippen molar-refractivity contribution in [2.24, 2.45) is 0 Å². The quantitative estimate of drug-likeness (QED) is 0.667. The van der Waals surface area contributed by atoms with Gasteiger partial charge in [-0.05, 0) is 23.1 Å². The van der Waals surface area contributed by atoms with E-state index in [1.807, 2.05) is 18.2 Å². The Kier molecular flexibility index (Phi) is 2.58. The molecule has 1 aromatic heterocycles. The van der Waals surface area contributed by atoms with Crippen LogP contribution in [0.3, 0.4) is 0 Å². The standard InChI is InChI=1S/C12H10S/c1-2-5-11(6-3-1)8-9-12-7-4-10-13-12/h1-10H/b9-8-. The number of rotatable bonds is 2. The van der Waals surface area contributed by atoms with Crippen molar-refractivity contribution in [1.29, 1.82) is 0 Å². The van der Waals surface area contributed by atoms with E-state index in [0.29, 0.717) is 0 Å². The molecule has 0 saturated carbocycles. The lowest BCUT2D eigenvalue weighted by molar-refractivity contribution is 1.67. The summed E-state index contributed by atoms with van der Waals surface area (Å²) in [4.78, 5) is 1.30. The molecule has 0 amide bonds. The number of benzene rings is 1. The smallest absolute Gasteiger partial charge is 0.0270 e. The Labute approximate surface area is 82.2 Å². The lowest BCUT2D eigenvalue weighted by Crippen LogP contribution is -1.67. The molecule has 0 saturated heterocycles. The molecule has 2 aromatic rings. The van der Waals surface area contributed by atoms with Crippen molar-refractivity contribution in [3.63, 3.8) is 0 Å². The minimum Gasteiger partial charge on any atom is -0.144 e. The van der Waals surface area contributed by atoms with Crippen molar-refractivity contribution in [3.05, 3.63) is 58.3 Å². The van der Waals surface area contributed by atoms with Crippen molar-refractivity contribution in [2.75, 3.05) is 0 Å². The van der Waals surface area contributed by atoms with Gasteiger partial charge in [-0.2, -0.15) is 0 Å². The van der Waals surface area contributed by atoms with Gasteiger partial charge in [0, 0.05) is 4.88 Å². The molecule has 0 radical (unpaired) electrons. The third kappa shape index (κ3) is 2.30. The van der Waals surface area contributed by atoms with Gasteiger partial charge in [-0.1, -0.05) is 42.5 Å². The SMILES string of the molecule is C(=C/c1cccs1)/c1ccccc1. The fourth-order valence-electron chi connectivity index (χ4n) is 1.13. The van der Waals surface area contributed by atoms with Crippen molar-refractivity contribution < 1.29 is 0 Å². The fourth-order valence-corrected chi connectivity index (χ4v) is 1.75. The Bertz CT molecular complexity index is 371. The first-order chi connectivity index (χ1) is 6.45. The first kappa shape index (κ1) is 8.27. The van der Waals surface area contributed by atoms with Gasteiger partial charge in [0.25, 0.3) is 0 Å². The monoisotopic (exact) mass is 186 g/mol. The molecule has 1 aromatic carbocycles. The zero-order chi connectivity index (χ0) is 8.93. The highest BCUT2D eigenvalue weighted by Gasteiger charge is 1.86. The summed E-state index contributed by atoms with van der Waals surface area (Å²) in [7, 11) is 0. The molecular weight excluding hydrogens is 176 g/mol. The summed E-state index contributed by atoms with van der Waals surface area (Å²) in [6.07, 6.45) is 4.27. The molecule has 0 nitrogen and oxygen atoms in total. The molecule has 64 valence electrons. The summed E-state index contributed by atoms with van der Waals surface area (Å²) in [6.45, 7) is 0. The predicted molar refractivity (Wildman–Crippen MR) is 59.7 cm³/mol. The van der Waals surface area contributed by atoms with Crippen LogP contribution in [0.5, 0.6) is 0 Å². The van der Waals surface area contributed by atoms with Crippen molar-refractivity contribution >= 4 is 23.5 Å². The van der Waals surface area contributed by atoms with E-state index in [9.17, 15) is 0 Å². The normalized spacial score (nSPS) is 10.8. The van der Waals surface area contributed by atoms with Crippen molar-refractivity contribution in [1.82, 2.24) is 0 Å². The highest BCUT2D eigenvalue weighted by atomic mass is 32.1. The van der Waals surface area contributed by atoms with Crippen LogP contribution in [-0.4, -0.2) is 0 Å². The Morgan fingerprint density at radius 1 is 0.846 bits per heavy atom. The maximum atomic E-state index is 2.14. The molecule has 0 atom stereocenters. The van der Waals surface area contributed by atoms with E-state index in [2.05, 4.69) is 41.8 Å². The molecule has 2 rings (SSSR count). The number of hydrogen-bond acceptors (Lipinski definition) is 1. The van der Waals surface area contributed by atoms with E-state index < -0.39 is 0 Å². The maximum Gasteiger partial charge on any atom is 0.0270 e. The Balaban J connectivity index is 2.15. The average molecular weight is 186 g/mol. The van der Waals surface area contributed by atoms with Crippen LogP contribution in [0.25, 0.3) is 12.2 Å². The highest BCUT2D eigenvalue weighted by molar-refractivity contribution is 7.10. The summed E-state index contributed by atoms with van der Waals surface area (Å²) in [6, 6.07) is 14.5. The van der Waals surface area contributed by atoms with Crippen LogP contribution in [0.2, 0.25) is 0 Å². The van der Waals surface area contributed by atoms with Crippen LogP contribution in [0, 0.1) is 0 Å². The molecule has 0 N–H and O–H groups in total. The van der Waals surface area contributed by atoms with E-state index >= 15 is 0 Å². The lowest BCUT2D eigenvalue weighted by Gasteiger charge is -1.89. The second kappa shape index (κ2) is 4.06. The highest BCUT2D eigenvalue weighted by Crippen LogP contribution is 2.12. The van der Waals surface area contributed by atoms with Gasteiger partial charge >= 0.3 is 0 Å². The molecule has 0 bridgehead atoms. The molecule has 1 heterocycles. The third-order valence-electron chi connectivity index (χ3n) is 1.78. The molecule has 0 fully saturated rings. The van der Waals surface area contributed by atoms with E-state index in [4.69, 9.17) is 0 Å². The van der Waals surface area contributed by atoms with E-state index in [0.717, 1.165) is 0 Å². The summed E-state index contributed by atoms with van der Waals surface area (Å²) in [5.41, 5.74) is 1.25. The first-order valence-corrected chi connectivity index (χ1v) is 5.10. The van der Waals surface area contributed by atoms with E-state index in [1.54, 1.807) is 11.3 Å². The zero-order valence-electron chi connectivity index (χ0n) is 7.18. The number of hydrogen-bond donors (Lipinski definition) is 0. The second-order valence-corrected chi connectivity index (χ2v) is 3.74. The maximum absolute atomic E-state index is 2.14. The summed E-state index contributed by atoms with van der Waals surface area (Å²) in [5, 5.41) is 2.09. The van der Waals surface area contributed by atoms with Gasteiger partial charge in [0.2, 0.25) is 0 Å². The van der Waals surface area contributed by atoms with Gasteiger partial charge in [-0.15, -0.1) is 11.3 Å². The van der Waals surface area contributed by atoms with Crippen molar-refractivity contribution in [2.45, 2.75) is 0 Å². The summed E-state index contributed by atoms with van der Waals surface area (Å²) < 4.78 is 0. The Morgan fingerprint density at radius 3 is 2.38 bits per heavy atom. The van der Waals surface area contributed by atoms with Gasteiger partial charge in [-0.25, -0.2) is 0 Å².